The number of ether oxygens (including phenoxy) is 11. The minimum absolute atomic E-state index is 0.218. The van der Waals surface area contributed by atoms with Crippen molar-refractivity contribution in [3.05, 3.63) is 0 Å². The van der Waals surface area contributed by atoms with Crippen LogP contribution in [-0.4, -0.2) is 160 Å². The summed E-state index contributed by atoms with van der Waals surface area (Å²) in [5.41, 5.74) is 0. The lowest BCUT2D eigenvalue weighted by molar-refractivity contribution is -0.0278. The van der Waals surface area contributed by atoms with Gasteiger partial charge < -0.3 is 56.5 Å². The number of hydrogen-bond donors (Lipinski definition) is 0. The van der Waals surface area contributed by atoms with Crippen LogP contribution in [0.4, 0.5) is 0 Å². The zero-order valence-electron chi connectivity index (χ0n) is 35.9. The van der Waals surface area contributed by atoms with E-state index in [0.717, 1.165) is 13.0 Å². The van der Waals surface area contributed by atoms with Crippen LogP contribution in [-0.2, 0) is 56.5 Å². The summed E-state index contributed by atoms with van der Waals surface area (Å²) in [6, 6.07) is 0. The first-order chi connectivity index (χ1) is 26.3. The molecule has 0 amide bonds. The van der Waals surface area contributed by atoms with E-state index in [-0.39, 0.29) is 5.04 Å². The molecule has 13 heteroatoms. The molecule has 0 fully saturated rings. The fourth-order valence-corrected chi connectivity index (χ4v) is 5.77. The Morgan fingerprint density at radius 1 is 0.278 bits per heavy atom. The summed E-state index contributed by atoms with van der Waals surface area (Å²) in [5.74, 6) is 0. The molecule has 0 atom stereocenters. The molecule has 0 rings (SSSR count). The minimum Gasteiger partial charge on any atom is -0.414 e. The standard InChI is InChI=1S/C41H86O12Si/c1-7-8-9-10-11-12-13-14-15-16-17-18-42-19-20-43-21-22-44-23-24-45-25-26-46-27-28-47-29-30-48-31-32-49-33-34-50-35-36-51-37-38-52-39-40-53-54(5,6)41(2,3)4/h7-40H2,1-6H3. The fourth-order valence-electron chi connectivity index (χ4n) is 4.74. The number of hydrogen-bond acceptors (Lipinski definition) is 12. The van der Waals surface area contributed by atoms with E-state index in [1.807, 2.05) is 0 Å². The molecule has 0 N–H and O–H groups in total. The Hall–Kier alpha value is -0.263. The molecule has 0 aliphatic rings. The van der Waals surface area contributed by atoms with Crippen LogP contribution in [0, 0.1) is 0 Å². The molecule has 0 aliphatic heterocycles. The maximum atomic E-state index is 6.09. The van der Waals surface area contributed by atoms with E-state index in [1.54, 1.807) is 0 Å². The molecule has 0 saturated carbocycles. The molecule has 54 heavy (non-hydrogen) atoms. The summed E-state index contributed by atoms with van der Waals surface area (Å²) in [7, 11) is -1.70. The third-order valence-corrected chi connectivity index (χ3v) is 13.6. The van der Waals surface area contributed by atoms with Crippen LogP contribution in [0.15, 0.2) is 0 Å². The molecule has 0 saturated heterocycles. The van der Waals surface area contributed by atoms with E-state index in [4.69, 9.17) is 56.5 Å². The summed E-state index contributed by atoms with van der Waals surface area (Å²) in [6.45, 7) is 26.4. The molecule has 12 nitrogen and oxygen atoms in total. The Balaban J connectivity index is 3.11. The van der Waals surface area contributed by atoms with Crippen molar-refractivity contribution in [1.82, 2.24) is 0 Å². The van der Waals surface area contributed by atoms with E-state index in [1.165, 1.54) is 64.2 Å². The van der Waals surface area contributed by atoms with E-state index >= 15 is 0 Å². The van der Waals surface area contributed by atoms with Crippen LogP contribution in [0.25, 0.3) is 0 Å². The largest absolute Gasteiger partial charge is 0.414 e. The van der Waals surface area contributed by atoms with Gasteiger partial charge in [-0.2, -0.15) is 0 Å². The third-order valence-electron chi connectivity index (χ3n) is 9.11. The molecule has 0 spiro atoms. The summed E-state index contributed by atoms with van der Waals surface area (Å²) in [6.07, 6.45) is 14.9. The zero-order valence-corrected chi connectivity index (χ0v) is 36.9. The van der Waals surface area contributed by atoms with Gasteiger partial charge in [-0.05, 0) is 24.6 Å². The molecule has 0 radical (unpaired) electrons. The van der Waals surface area contributed by atoms with Crippen molar-refractivity contribution >= 4 is 8.32 Å². The highest BCUT2D eigenvalue weighted by molar-refractivity contribution is 6.74. The number of unbranched alkanes of at least 4 members (excludes halogenated alkanes) is 10. The van der Waals surface area contributed by atoms with Crippen LogP contribution in [0.5, 0.6) is 0 Å². The first kappa shape index (κ1) is 53.7. The zero-order chi connectivity index (χ0) is 39.5. The normalized spacial score (nSPS) is 12.3. The second-order valence-electron chi connectivity index (χ2n) is 14.9. The van der Waals surface area contributed by atoms with Crippen LogP contribution < -0.4 is 0 Å². The molecule has 326 valence electrons. The van der Waals surface area contributed by atoms with Gasteiger partial charge in [0.2, 0.25) is 0 Å². The maximum Gasteiger partial charge on any atom is 0.192 e. The van der Waals surface area contributed by atoms with Crippen LogP contribution in [0.3, 0.4) is 0 Å². The molecule has 0 aromatic rings. The van der Waals surface area contributed by atoms with Gasteiger partial charge in [0, 0.05) is 6.61 Å². The van der Waals surface area contributed by atoms with Gasteiger partial charge >= 0.3 is 0 Å². The highest BCUT2D eigenvalue weighted by Crippen LogP contribution is 2.36. The van der Waals surface area contributed by atoms with Crippen molar-refractivity contribution in [2.24, 2.45) is 0 Å². The third kappa shape index (κ3) is 41.4. The van der Waals surface area contributed by atoms with E-state index in [9.17, 15) is 0 Å². The van der Waals surface area contributed by atoms with Crippen molar-refractivity contribution < 1.29 is 56.5 Å². The summed E-state index contributed by atoms with van der Waals surface area (Å²) < 4.78 is 67.1. The Labute approximate surface area is 332 Å². The molecule has 0 heterocycles. The monoisotopic (exact) mass is 799 g/mol. The molecule has 0 aromatic carbocycles. The van der Waals surface area contributed by atoms with Crippen molar-refractivity contribution in [2.45, 2.75) is 116 Å². The van der Waals surface area contributed by atoms with Crippen LogP contribution >= 0.6 is 0 Å². The lowest BCUT2D eigenvalue weighted by atomic mass is 10.1. The quantitative estimate of drug-likeness (QED) is 0.0449. The molecular weight excluding hydrogens is 713 g/mol. The van der Waals surface area contributed by atoms with Gasteiger partial charge in [-0.15, -0.1) is 0 Å². The Morgan fingerprint density at radius 3 is 0.722 bits per heavy atom. The Morgan fingerprint density at radius 2 is 0.481 bits per heavy atom. The minimum atomic E-state index is -1.70. The van der Waals surface area contributed by atoms with Gasteiger partial charge in [-0.3, -0.25) is 0 Å². The van der Waals surface area contributed by atoms with E-state index in [0.29, 0.717) is 145 Å². The van der Waals surface area contributed by atoms with Gasteiger partial charge in [0.1, 0.15) is 0 Å². The highest BCUT2D eigenvalue weighted by Gasteiger charge is 2.36. The lowest BCUT2D eigenvalue weighted by Gasteiger charge is -2.36. The van der Waals surface area contributed by atoms with Crippen molar-refractivity contribution in [3.8, 4) is 0 Å². The van der Waals surface area contributed by atoms with E-state index < -0.39 is 8.32 Å². The van der Waals surface area contributed by atoms with Gasteiger partial charge in [0.05, 0.1) is 145 Å². The molecule has 0 unspecified atom stereocenters. The van der Waals surface area contributed by atoms with E-state index in [2.05, 4.69) is 40.8 Å². The predicted molar refractivity (Wildman–Crippen MR) is 219 cm³/mol. The molecule has 0 aliphatic carbocycles. The smallest absolute Gasteiger partial charge is 0.192 e. The van der Waals surface area contributed by atoms with Crippen LogP contribution in [0.2, 0.25) is 18.1 Å². The second-order valence-corrected chi connectivity index (χ2v) is 19.7. The van der Waals surface area contributed by atoms with Crippen molar-refractivity contribution in [3.63, 3.8) is 0 Å². The average molecular weight is 799 g/mol. The highest BCUT2D eigenvalue weighted by atomic mass is 28.4. The maximum absolute atomic E-state index is 6.09. The summed E-state index contributed by atoms with van der Waals surface area (Å²) >= 11 is 0. The average Bonchev–Trinajstić information content (AvgIpc) is 3.14. The fraction of sp³-hybridized carbons (Fsp3) is 1.00. The lowest BCUT2D eigenvalue weighted by Crippen LogP contribution is -2.41. The van der Waals surface area contributed by atoms with Crippen LogP contribution in [0.1, 0.15) is 98.3 Å². The SMILES string of the molecule is CCCCCCCCCCCCCOCCOCCOCCOCCOCCOCCOCCOCCOCCOCCOCCO[Si](C)(C)C(C)(C)C. The summed E-state index contributed by atoms with van der Waals surface area (Å²) in [5, 5.41) is 0.218. The Kier molecular flexibility index (Phi) is 42.1. The number of rotatable bonds is 46. The molecule has 0 aromatic heterocycles. The van der Waals surface area contributed by atoms with Gasteiger partial charge in [0.15, 0.2) is 8.32 Å². The predicted octanol–water partition coefficient (Wildman–Crippen LogP) is 7.50. The van der Waals surface area contributed by atoms with Gasteiger partial charge in [0.25, 0.3) is 0 Å². The summed E-state index contributed by atoms with van der Waals surface area (Å²) in [4.78, 5) is 0. The first-order valence-corrected chi connectivity index (χ1v) is 24.2. The molecule has 0 bridgehead atoms. The van der Waals surface area contributed by atoms with Crippen molar-refractivity contribution in [2.75, 3.05) is 152 Å². The molecular formula is C41H86O12Si. The van der Waals surface area contributed by atoms with Gasteiger partial charge in [-0.25, -0.2) is 0 Å². The first-order valence-electron chi connectivity index (χ1n) is 21.3. The van der Waals surface area contributed by atoms with Crippen molar-refractivity contribution in [1.29, 1.82) is 0 Å². The Bertz CT molecular complexity index is 714. The van der Waals surface area contributed by atoms with Gasteiger partial charge in [-0.1, -0.05) is 91.9 Å². The second kappa shape index (κ2) is 42.3. The topological polar surface area (TPSA) is 111 Å².